The van der Waals surface area contributed by atoms with Gasteiger partial charge in [-0.25, -0.2) is 0 Å². The second-order valence-corrected chi connectivity index (χ2v) is 5.53. The Hall–Kier alpha value is -1.53. The summed E-state index contributed by atoms with van der Waals surface area (Å²) in [4.78, 5) is 0. The second-order valence-electron chi connectivity index (χ2n) is 5.53. The molecule has 1 aromatic rings. The van der Waals surface area contributed by atoms with Crippen molar-refractivity contribution in [3.8, 4) is 11.8 Å². The Morgan fingerprint density at radius 2 is 1.95 bits per heavy atom. The molecule has 0 fully saturated rings. The van der Waals surface area contributed by atoms with Gasteiger partial charge in [0, 0.05) is 24.9 Å². The predicted octanol–water partition coefficient (Wildman–Crippen LogP) is 3.09. The third kappa shape index (κ3) is 3.71. The zero-order chi connectivity index (χ0) is 14.5. The molecule has 1 aromatic carbocycles. The first kappa shape index (κ1) is 15.5. The molecule has 0 heterocycles. The van der Waals surface area contributed by atoms with Crippen LogP contribution < -0.4 is 10.1 Å². The first-order valence-electron chi connectivity index (χ1n) is 6.66. The van der Waals surface area contributed by atoms with E-state index in [1.54, 1.807) is 7.11 Å². The Kier molecular flexibility index (Phi) is 5.38. The number of rotatable bonds is 6. The monoisotopic (exact) mass is 260 g/mol. The normalized spacial score (nSPS) is 11.2. The minimum atomic E-state index is 0.0383. The Balaban J connectivity index is 2.89. The molecule has 0 amide bonds. The standard InChI is InChI=1S/C16H24N2O/c1-12-13(2)15(19-5)8-7-14(12)16(3,4)11-18-10-6-9-17/h7-8,18H,6,10-11H2,1-5H3. The van der Waals surface area contributed by atoms with E-state index in [-0.39, 0.29) is 5.41 Å². The zero-order valence-corrected chi connectivity index (χ0v) is 12.6. The minimum Gasteiger partial charge on any atom is -0.496 e. The maximum atomic E-state index is 8.55. The summed E-state index contributed by atoms with van der Waals surface area (Å²) in [6, 6.07) is 6.33. The molecule has 0 saturated carbocycles. The fraction of sp³-hybridized carbons (Fsp3) is 0.562. The summed E-state index contributed by atoms with van der Waals surface area (Å²) >= 11 is 0. The first-order chi connectivity index (χ1) is 8.94. The van der Waals surface area contributed by atoms with Crippen LogP contribution in [0.25, 0.3) is 0 Å². The zero-order valence-electron chi connectivity index (χ0n) is 12.6. The summed E-state index contributed by atoms with van der Waals surface area (Å²) in [6.45, 7) is 10.3. The van der Waals surface area contributed by atoms with Gasteiger partial charge in [-0.1, -0.05) is 19.9 Å². The molecule has 19 heavy (non-hydrogen) atoms. The fourth-order valence-electron chi connectivity index (χ4n) is 2.39. The van der Waals surface area contributed by atoms with Crippen LogP contribution in [0, 0.1) is 25.2 Å². The van der Waals surface area contributed by atoms with Gasteiger partial charge in [0.25, 0.3) is 0 Å². The molecule has 1 rings (SSSR count). The van der Waals surface area contributed by atoms with Crippen LogP contribution in [-0.2, 0) is 5.41 Å². The number of nitriles is 1. The van der Waals surface area contributed by atoms with Gasteiger partial charge in [-0.3, -0.25) is 0 Å². The summed E-state index contributed by atoms with van der Waals surface area (Å²) in [5, 5.41) is 11.9. The van der Waals surface area contributed by atoms with Gasteiger partial charge in [-0.05, 0) is 36.6 Å². The average Bonchev–Trinajstić information content (AvgIpc) is 2.37. The van der Waals surface area contributed by atoms with E-state index in [2.05, 4.69) is 45.1 Å². The molecular weight excluding hydrogens is 236 g/mol. The molecular formula is C16H24N2O. The molecule has 0 saturated heterocycles. The number of hydrogen-bond donors (Lipinski definition) is 1. The van der Waals surface area contributed by atoms with Crippen LogP contribution in [0.2, 0.25) is 0 Å². The van der Waals surface area contributed by atoms with Crippen molar-refractivity contribution in [3.63, 3.8) is 0 Å². The van der Waals surface area contributed by atoms with Gasteiger partial charge in [0.15, 0.2) is 0 Å². The number of ether oxygens (including phenoxy) is 1. The Bertz CT molecular complexity index is 472. The van der Waals surface area contributed by atoms with Crippen molar-refractivity contribution in [1.82, 2.24) is 5.32 Å². The SMILES string of the molecule is COc1ccc(C(C)(C)CNCCC#N)c(C)c1C. The summed E-state index contributed by atoms with van der Waals surface area (Å²) in [5.41, 5.74) is 3.85. The molecule has 0 atom stereocenters. The van der Waals surface area contributed by atoms with Crippen molar-refractivity contribution in [1.29, 1.82) is 5.26 Å². The third-order valence-electron chi connectivity index (χ3n) is 3.67. The Labute approximate surface area is 116 Å². The maximum absolute atomic E-state index is 8.55. The van der Waals surface area contributed by atoms with Crippen LogP contribution in [-0.4, -0.2) is 20.2 Å². The van der Waals surface area contributed by atoms with Crippen LogP contribution in [0.4, 0.5) is 0 Å². The van der Waals surface area contributed by atoms with Crippen molar-refractivity contribution >= 4 is 0 Å². The lowest BCUT2D eigenvalue weighted by atomic mass is 9.80. The van der Waals surface area contributed by atoms with Crippen molar-refractivity contribution in [3.05, 3.63) is 28.8 Å². The quantitative estimate of drug-likeness (QED) is 0.799. The van der Waals surface area contributed by atoms with Gasteiger partial charge in [0.05, 0.1) is 13.2 Å². The van der Waals surface area contributed by atoms with E-state index in [4.69, 9.17) is 10.00 Å². The summed E-state index contributed by atoms with van der Waals surface area (Å²) in [6.07, 6.45) is 0.552. The van der Waals surface area contributed by atoms with E-state index >= 15 is 0 Å². The van der Waals surface area contributed by atoms with E-state index in [9.17, 15) is 0 Å². The highest BCUT2D eigenvalue weighted by Crippen LogP contribution is 2.31. The molecule has 0 aliphatic heterocycles. The lowest BCUT2D eigenvalue weighted by Crippen LogP contribution is -2.34. The lowest BCUT2D eigenvalue weighted by molar-refractivity contribution is 0.409. The molecule has 0 aliphatic carbocycles. The van der Waals surface area contributed by atoms with Crippen molar-refractivity contribution < 1.29 is 4.74 Å². The van der Waals surface area contributed by atoms with E-state index in [1.807, 2.05) is 6.07 Å². The lowest BCUT2D eigenvalue weighted by Gasteiger charge is -2.28. The van der Waals surface area contributed by atoms with E-state index in [1.165, 1.54) is 16.7 Å². The fourth-order valence-corrected chi connectivity index (χ4v) is 2.39. The molecule has 0 radical (unpaired) electrons. The van der Waals surface area contributed by atoms with Crippen LogP contribution >= 0.6 is 0 Å². The van der Waals surface area contributed by atoms with Gasteiger partial charge in [-0.15, -0.1) is 0 Å². The van der Waals surface area contributed by atoms with Crippen LogP contribution in [0.3, 0.4) is 0 Å². The number of hydrogen-bond acceptors (Lipinski definition) is 3. The molecule has 104 valence electrons. The summed E-state index contributed by atoms with van der Waals surface area (Å²) < 4.78 is 5.35. The number of nitrogens with zero attached hydrogens (tertiary/aromatic N) is 1. The summed E-state index contributed by atoms with van der Waals surface area (Å²) in [7, 11) is 1.70. The highest BCUT2D eigenvalue weighted by Gasteiger charge is 2.23. The minimum absolute atomic E-state index is 0.0383. The number of methoxy groups -OCH3 is 1. The molecule has 0 unspecified atom stereocenters. The molecule has 3 heteroatoms. The second kappa shape index (κ2) is 6.58. The van der Waals surface area contributed by atoms with Crippen LogP contribution in [0.5, 0.6) is 5.75 Å². The highest BCUT2D eigenvalue weighted by molar-refractivity contribution is 5.46. The molecule has 0 spiro atoms. The van der Waals surface area contributed by atoms with Crippen molar-refractivity contribution in [2.75, 3.05) is 20.2 Å². The van der Waals surface area contributed by atoms with E-state index in [0.29, 0.717) is 6.42 Å². The molecule has 0 bridgehead atoms. The largest absolute Gasteiger partial charge is 0.496 e. The van der Waals surface area contributed by atoms with Crippen molar-refractivity contribution in [2.45, 2.75) is 39.5 Å². The number of benzene rings is 1. The van der Waals surface area contributed by atoms with Gasteiger partial charge in [0.1, 0.15) is 5.75 Å². The molecule has 0 aliphatic rings. The Morgan fingerprint density at radius 3 is 2.53 bits per heavy atom. The maximum Gasteiger partial charge on any atom is 0.122 e. The highest BCUT2D eigenvalue weighted by atomic mass is 16.5. The third-order valence-corrected chi connectivity index (χ3v) is 3.67. The van der Waals surface area contributed by atoms with E-state index < -0.39 is 0 Å². The van der Waals surface area contributed by atoms with Crippen LogP contribution in [0.1, 0.15) is 37.0 Å². The predicted molar refractivity (Wildman–Crippen MR) is 78.6 cm³/mol. The Morgan fingerprint density at radius 1 is 1.26 bits per heavy atom. The van der Waals surface area contributed by atoms with Gasteiger partial charge in [0.2, 0.25) is 0 Å². The smallest absolute Gasteiger partial charge is 0.122 e. The molecule has 3 nitrogen and oxygen atoms in total. The van der Waals surface area contributed by atoms with E-state index in [0.717, 1.165) is 18.8 Å². The van der Waals surface area contributed by atoms with Gasteiger partial charge >= 0.3 is 0 Å². The average molecular weight is 260 g/mol. The van der Waals surface area contributed by atoms with Crippen molar-refractivity contribution in [2.24, 2.45) is 0 Å². The van der Waals surface area contributed by atoms with Crippen LogP contribution in [0.15, 0.2) is 12.1 Å². The topological polar surface area (TPSA) is 45.0 Å². The number of nitrogens with one attached hydrogen (secondary N) is 1. The van der Waals surface area contributed by atoms with Gasteiger partial charge in [-0.2, -0.15) is 5.26 Å². The molecule has 0 aromatic heterocycles. The van der Waals surface area contributed by atoms with Gasteiger partial charge < -0.3 is 10.1 Å². The molecule has 1 N–H and O–H groups in total. The first-order valence-corrected chi connectivity index (χ1v) is 6.66. The summed E-state index contributed by atoms with van der Waals surface area (Å²) in [5.74, 6) is 0.939.